The van der Waals surface area contributed by atoms with Gasteiger partial charge in [-0.2, -0.15) is 5.10 Å². The number of rotatable bonds is 4. The van der Waals surface area contributed by atoms with Crippen LogP contribution < -0.4 is 19.7 Å². The SMILES string of the molecule is CNC(=O)N1N=C(c2ccc(N3CC4CCC(C3)O4)cc2)c2cc(OC)c(OC)c(F)c2CC1C. The molecule has 0 saturated carbocycles. The van der Waals surface area contributed by atoms with E-state index >= 15 is 4.39 Å². The number of benzene rings is 2. The average molecular weight is 483 g/mol. The highest BCUT2D eigenvalue weighted by atomic mass is 19.1. The second kappa shape index (κ2) is 9.37. The van der Waals surface area contributed by atoms with Crippen LogP contribution in [-0.2, 0) is 11.2 Å². The molecule has 2 aromatic rings. The fourth-order valence-electron chi connectivity index (χ4n) is 5.27. The number of nitrogens with zero attached hydrogens (tertiary/aromatic N) is 3. The number of halogens is 1. The third-order valence-electron chi connectivity index (χ3n) is 7.06. The molecule has 2 amide bonds. The average Bonchev–Trinajstić information content (AvgIpc) is 3.14. The molecule has 3 heterocycles. The van der Waals surface area contributed by atoms with Gasteiger partial charge in [0.05, 0.1) is 38.2 Å². The molecule has 0 aromatic heterocycles. The van der Waals surface area contributed by atoms with Crippen LogP contribution in [0.2, 0.25) is 0 Å². The lowest BCUT2D eigenvalue weighted by Gasteiger charge is -2.34. The zero-order valence-electron chi connectivity index (χ0n) is 20.5. The minimum absolute atomic E-state index is 0.0449. The zero-order valence-corrected chi connectivity index (χ0v) is 20.5. The van der Waals surface area contributed by atoms with E-state index in [1.807, 2.05) is 19.1 Å². The van der Waals surface area contributed by atoms with Crippen molar-refractivity contribution >= 4 is 17.4 Å². The van der Waals surface area contributed by atoms with E-state index in [-0.39, 0.29) is 30.0 Å². The summed E-state index contributed by atoms with van der Waals surface area (Å²) in [4.78, 5) is 15.0. The summed E-state index contributed by atoms with van der Waals surface area (Å²) in [6, 6.07) is 9.06. The highest BCUT2D eigenvalue weighted by Crippen LogP contribution is 2.38. The lowest BCUT2D eigenvalue weighted by atomic mass is 9.93. The molecule has 3 atom stereocenters. The second-order valence-corrected chi connectivity index (χ2v) is 9.26. The number of morpholine rings is 1. The van der Waals surface area contributed by atoms with E-state index in [0.29, 0.717) is 29.0 Å². The van der Waals surface area contributed by atoms with Crippen LogP contribution in [0, 0.1) is 5.82 Å². The van der Waals surface area contributed by atoms with Crippen LogP contribution >= 0.6 is 0 Å². The van der Waals surface area contributed by atoms with Crippen LogP contribution in [0.5, 0.6) is 11.5 Å². The van der Waals surface area contributed by atoms with Crippen LogP contribution in [0.1, 0.15) is 36.5 Å². The molecular formula is C26H31FN4O4. The summed E-state index contributed by atoms with van der Waals surface area (Å²) in [5.74, 6) is -0.179. The molecule has 3 aliphatic heterocycles. The van der Waals surface area contributed by atoms with Crippen molar-refractivity contribution in [1.29, 1.82) is 0 Å². The fraction of sp³-hybridized carbons (Fsp3) is 0.462. The molecule has 0 aliphatic carbocycles. The van der Waals surface area contributed by atoms with E-state index in [9.17, 15) is 4.79 Å². The van der Waals surface area contributed by atoms with Crippen molar-refractivity contribution in [3.63, 3.8) is 0 Å². The third kappa shape index (κ3) is 4.18. The Kier molecular flexibility index (Phi) is 6.27. The Hall–Kier alpha value is -3.33. The quantitative estimate of drug-likeness (QED) is 0.722. The molecule has 8 nitrogen and oxygen atoms in total. The Labute approximate surface area is 204 Å². The normalized spacial score (nSPS) is 23.3. The van der Waals surface area contributed by atoms with Crippen molar-refractivity contribution in [3.8, 4) is 11.5 Å². The van der Waals surface area contributed by atoms with E-state index in [2.05, 4.69) is 22.3 Å². The summed E-state index contributed by atoms with van der Waals surface area (Å²) in [5, 5.41) is 8.74. The van der Waals surface area contributed by atoms with Gasteiger partial charge in [-0.25, -0.2) is 14.2 Å². The van der Waals surface area contributed by atoms with Gasteiger partial charge in [-0.15, -0.1) is 0 Å². The van der Waals surface area contributed by atoms with Gasteiger partial charge in [-0.1, -0.05) is 12.1 Å². The van der Waals surface area contributed by atoms with Gasteiger partial charge in [0.1, 0.15) is 0 Å². The molecule has 0 spiro atoms. The predicted octanol–water partition coefficient (Wildman–Crippen LogP) is 3.55. The van der Waals surface area contributed by atoms with Gasteiger partial charge in [-0.05, 0) is 44.4 Å². The Morgan fingerprint density at radius 3 is 2.43 bits per heavy atom. The Morgan fingerprint density at radius 2 is 1.83 bits per heavy atom. The number of carbonyl (C=O) groups excluding carboxylic acids is 1. The van der Waals surface area contributed by atoms with Crippen LogP contribution in [0.4, 0.5) is 14.9 Å². The summed E-state index contributed by atoms with van der Waals surface area (Å²) in [6.45, 7) is 3.60. The van der Waals surface area contributed by atoms with E-state index < -0.39 is 5.82 Å². The standard InChI is InChI=1S/C26H31FN4O4/c1-15-11-20-21(12-22(33-3)25(34-4)23(20)27)24(29-31(15)26(32)28-2)16-5-7-17(8-6-16)30-13-18-9-10-19(14-30)35-18/h5-8,12,15,18-19H,9-11,13-14H2,1-4H3,(H,28,32). The van der Waals surface area contributed by atoms with Gasteiger partial charge in [0, 0.05) is 42.5 Å². The molecular weight excluding hydrogens is 451 g/mol. The molecule has 2 fully saturated rings. The van der Waals surface area contributed by atoms with Crippen molar-refractivity contribution in [2.24, 2.45) is 5.10 Å². The Balaban J connectivity index is 1.58. The molecule has 9 heteroatoms. The lowest BCUT2D eigenvalue weighted by molar-refractivity contribution is 0.0305. The number of nitrogens with one attached hydrogen (secondary N) is 1. The molecule has 0 radical (unpaired) electrons. The van der Waals surface area contributed by atoms with Crippen molar-refractivity contribution in [2.75, 3.05) is 39.3 Å². The van der Waals surface area contributed by atoms with Crippen molar-refractivity contribution < 1.29 is 23.4 Å². The van der Waals surface area contributed by atoms with Crippen LogP contribution in [0.3, 0.4) is 0 Å². The first kappa shape index (κ1) is 23.4. The lowest BCUT2D eigenvalue weighted by Crippen LogP contribution is -2.42. The van der Waals surface area contributed by atoms with Crippen molar-refractivity contribution in [1.82, 2.24) is 10.3 Å². The molecule has 2 bridgehead atoms. The maximum absolute atomic E-state index is 15.6. The van der Waals surface area contributed by atoms with Gasteiger partial charge in [0.2, 0.25) is 0 Å². The largest absolute Gasteiger partial charge is 0.493 e. The minimum Gasteiger partial charge on any atom is -0.493 e. The second-order valence-electron chi connectivity index (χ2n) is 9.26. The van der Waals surface area contributed by atoms with Gasteiger partial charge >= 0.3 is 6.03 Å². The number of amides is 2. The summed E-state index contributed by atoms with van der Waals surface area (Å²) >= 11 is 0. The molecule has 5 rings (SSSR count). The molecule has 186 valence electrons. The molecule has 3 aliphatic rings. The topological polar surface area (TPSA) is 75.6 Å². The van der Waals surface area contributed by atoms with Gasteiger partial charge in [0.25, 0.3) is 0 Å². The summed E-state index contributed by atoms with van der Waals surface area (Å²) in [5.41, 5.74) is 3.41. The van der Waals surface area contributed by atoms with E-state index in [1.54, 1.807) is 13.1 Å². The summed E-state index contributed by atoms with van der Waals surface area (Å²) < 4.78 is 32.3. The van der Waals surface area contributed by atoms with Crippen molar-refractivity contribution in [2.45, 2.75) is 44.4 Å². The van der Waals surface area contributed by atoms with Crippen molar-refractivity contribution in [3.05, 3.63) is 52.8 Å². The van der Waals surface area contributed by atoms with Crippen LogP contribution in [-0.4, -0.2) is 69.4 Å². The number of methoxy groups -OCH3 is 2. The van der Waals surface area contributed by atoms with E-state index in [0.717, 1.165) is 37.2 Å². The summed E-state index contributed by atoms with van der Waals surface area (Å²) in [6.07, 6.45) is 3.07. The number of ether oxygens (including phenoxy) is 3. The summed E-state index contributed by atoms with van der Waals surface area (Å²) in [7, 11) is 4.44. The highest BCUT2D eigenvalue weighted by Gasteiger charge is 2.34. The maximum Gasteiger partial charge on any atom is 0.337 e. The Bertz CT molecular complexity index is 1140. The molecule has 2 saturated heterocycles. The van der Waals surface area contributed by atoms with Gasteiger partial charge < -0.3 is 24.4 Å². The first-order valence-electron chi connectivity index (χ1n) is 12.0. The monoisotopic (exact) mass is 482 g/mol. The number of hydrazone groups is 1. The highest BCUT2D eigenvalue weighted by molar-refractivity contribution is 6.14. The third-order valence-corrected chi connectivity index (χ3v) is 7.06. The number of hydrogen-bond donors (Lipinski definition) is 1. The fourth-order valence-corrected chi connectivity index (χ4v) is 5.27. The first-order chi connectivity index (χ1) is 16.9. The van der Waals surface area contributed by atoms with E-state index in [4.69, 9.17) is 19.3 Å². The number of fused-ring (bicyclic) bond motifs is 3. The maximum atomic E-state index is 15.6. The van der Waals surface area contributed by atoms with Crippen LogP contribution in [0.15, 0.2) is 35.4 Å². The Morgan fingerprint density at radius 1 is 1.14 bits per heavy atom. The molecule has 1 N–H and O–H groups in total. The number of carbonyl (C=O) groups is 1. The molecule has 35 heavy (non-hydrogen) atoms. The van der Waals surface area contributed by atoms with Gasteiger partial charge in [-0.3, -0.25) is 0 Å². The number of urea groups is 1. The van der Waals surface area contributed by atoms with Crippen LogP contribution in [0.25, 0.3) is 0 Å². The number of anilines is 1. The van der Waals surface area contributed by atoms with E-state index in [1.165, 1.54) is 19.2 Å². The smallest absolute Gasteiger partial charge is 0.337 e. The molecule has 3 unspecified atom stereocenters. The molecule has 2 aromatic carbocycles. The van der Waals surface area contributed by atoms with Gasteiger partial charge in [0.15, 0.2) is 17.3 Å². The minimum atomic E-state index is -0.499. The first-order valence-corrected chi connectivity index (χ1v) is 12.0. The predicted molar refractivity (Wildman–Crippen MR) is 131 cm³/mol. The zero-order chi connectivity index (χ0) is 24.7. The number of hydrogen-bond acceptors (Lipinski definition) is 6.